The summed E-state index contributed by atoms with van der Waals surface area (Å²) < 4.78 is 2.97. The van der Waals surface area contributed by atoms with E-state index >= 15 is 0 Å². The van der Waals surface area contributed by atoms with Gasteiger partial charge in [-0.1, -0.05) is 34.6 Å². The standard InChI is InChI=1S/C29H44N2O3S.C2H6/c1-18(6-9-26(34)31-35-21-5-4-14-30-17-21)22-7-8-23-27-24(11-13-29(22,23)3)28(2)12-10-20(32)15-19(28)16-25(27)33;1-2/h4-5,14,17-20,22-25,27,32-33H,6-13,15-16H2,1-3H3,(H,31,34);1-2H3/t18-,19?,20-,22?,23?,24?,25-,27?,28?,29?;/m1./s1. The van der Waals surface area contributed by atoms with Crippen molar-refractivity contribution < 1.29 is 15.0 Å². The lowest BCUT2D eigenvalue weighted by Gasteiger charge is -2.62. The number of hydrogen-bond acceptors (Lipinski definition) is 5. The minimum Gasteiger partial charge on any atom is -0.393 e. The van der Waals surface area contributed by atoms with Crippen LogP contribution in [0.4, 0.5) is 0 Å². The van der Waals surface area contributed by atoms with Crippen LogP contribution in [-0.2, 0) is 4.79 Å². The molecule has 5 nitrogen and oxygen atoms in total. The fourth-order valence-electron chi connectivity index (χ4n) is 9.31. The van der Waals surface area contributed by atoms with Crippen LogP contribution in [0.15, 0.2) is 29.4 Å². The molecule has 3 N–H and O–H groups in total. The van der Waals surface area contributed by atoms with Gasteiger partial charge >= 0.3 is 0 Å². The molecule has 6 heteroatoms. The first-order valence-electron chi connectivity index (χ1n) is 14.9. The lowest BCUT2D eigenvalue weighted by Crippen LogP contribution is -2.58. The Labute approximate surface area is 229 Å². The number of carbonyl (C=O) groups is 1. The Morgan fingerprint density at radius 1 is 1.11 bits per heavy atom. The maximum atomic E-state index is 12.5. The van der Waals surface area contributed by atoms with E-state index in [4.69, 9.17) is 0 Å². The summed E-state index contributed by atoms with van der Waals surface area (Å²) in [7, 11) is 0. The highest BCUT2D eigenvalue weighted by Crippen LogP contribution is 2.68. The lowest BCUT2D eigenvalue weighted by molar-refractivity contribution is -0.174. The van der Waals surface area contributed by atoms with Gasteiger partial charge in [-0.15, -0.1) is 0 Å². The second-order valence-corrected chi connectivity index (χ2v) is 13.7. The Bertz CT molecular complexity index is 900. The Hall–Kier alpha value is -1.11. The number of hydrogen-bond donors (Lipinski definition) is 3. The van der Waals surface area contributed by atoms with Crippen molar-refractivity contribution in [3.8, 4) is 0 Å². The molecular formula is C31H50N2O3S. The first-order chi connectivity index (χ1) is 17.7. The van der Waals surface area contributed by atoms with Gasteiger partial charge in [0.2, 0.25) is 5.91 Å². The Morgan fingerprint density at radius 3 is 2.57 bits per heavy atom. The monoisotopic (exact) mass is 530 g/mol. The number of aliphatic hydroxyl groups is 2. The van der Waals surface area contributed by atoms with Crippen LogP contribution < -0.4 is 4.72 Å². The second kappa shape index (κ2) is 12.0. The van der Waals surface area contributed by atoms with Crippen molar-refractivity contribution in [2.75, 3.05) is 0 Å². The summed E-state index contributed by atoms with van der Waals surface area (Å²) in [5.41, 5.74) is 0.540. The van der Waals surface area contributed by atoms with Gasteiger partial charge in [0.15, 0.2) is 0 Å². The number of aliphatic hydroxyl groups excluding tert-OH is 2. The summed E-state index contributed by atoms with van der Waals surface area (Å²) in [5.74, 6) is 3.26. The van der Waals surface area contributed by atoms with E-state index < -0.39 is 0 Å². The molecule has 0 saturated heterocycles. The predicted molar refractivity (Wildman–Crippen MR) is 151 cm³/mol. The summed E-state index contributed by atoms with van der Waals surface area (Å²) in [6.45, 7) is 11.3. The molecule has 1 amide bonds. The number of nitrogens with one attached hydrogen (secondary N) is 1. The number of aromatic nitrogens is 1. The number of rotatable bonds is 6. The van der Waals surface area contributed by atoms with Crippen LogP contribution in [0.25, 0.3) is 0 Å². The number of nitrogens with zero attached hydrogens (tertiary/aromatic N) is 1. The fourth-order valence-corrected chi connectivity index (χ4v) is 9.90. The van der Waals surface area contributed by atoms with Crippen LogP contribution in [0.2, 0.25) is 0 Å². The minimum absolute atomic E-state index is 0.0928. The summed E-state index contributed by atoms with van der Waals surface area (Å²) >= 11 is 1.35. The molecule has 0 spiro atoms. The molecule has 208 valence electrons. The maximum Gasteiger partial charge on any atom is 0.230 e. The molecule has 4 aliphatic rings. The van der Waals surface area contributed by atoms with E-state index in [1.807, 2.05) is 26.0 Å². The van der Waals surface area contributed by atoms with E-state index in [-0.39, 0.29) is 28.9 Å². The molecule has 5 rings (SSSR count). The molecule has 10 atom stereocenters. The zero-order chi connectivity index (χ0) is 26.8. The highest BCUT2D eigenvalue weighted by atomic mass is 32.2. The normalized spacial score (nSPS) is 41.3. The van der Waals surface area contributed by atoms with Gasteiger partial charge in [-0.05, 0) is 128 Å². The third-order valence-corrected chi connectivity index (χ3v) is 12.0. The van der Waals surface area contributed by atoms with Crippen molar-refractivity contribution in [2.24, 2.45) is 46.3 Å². The van der Waals surface area contributed by atoms with Crippen LogP contribution in [0.3, 0.4) is 0 Å². The lowest BCUT2D eigenvalue weighted by atomic mass is 9.43. The van der Waals surface area contributed by atoms with Gasteiger partial charge in [0.25, 0.3) is 0 Å². The van der Waals surface area contributed by atoms with Crippen molar-refractivity contribution >= 4 is 17.9 Å². The van der Waals surface area contributed by atoms with Gasteiger partial charge in [0.1, 0.15) is 0 Å². The van der Waals surface area contributed by atoms with E-state index in [1.165, 1.54) is 37.6 Å². The quantitative estimate of drug-likeness (QED) is 0.359. The van der Waals surface area contributed by atoms with E-state index in [9.17, 15) is 15.0 Å². The molecule has 0 bridgehead atoms. The van der Waals surface area contributed by atoms with Crippen molar-refractivity contribution in [1.82, 2.24) is 9.71 Å². The average Bonchev–Trinajstić information content (AvgIpc) is 3.26. The first-order valence-corrected chi connectivity index (χ1v) is 15.8. The highest BCUT2D eigenvalue weighted by Gasteiger charge is 2.62. The third kappa shape index (κ3) is 5.63. The summed E-state index contributed by atoms with van der Waals surface area (Å²) in [6.07, 6.45) is 13.3. The van der Waals surface area contributed by atoms with Crippen molar-refractivity contribution in [3.05, 3.63) is 24.5 Å². The summed E-state index contributed by atoms with van der Waals surface area (Å²) in [4.78, 5) is 17.6. The Kier molecular flexibility index (Phi) is 9.34. The van der Waals surface area contributed by atoms with Crippen LogP contribution >= 0.6 is 11.9 Å². The van der Waals surface area contributed by atoms with Gasteiger partial charge in [0.05, 0.1) is 12.2 Å². The van der Waals surface area contributed by atoms with Crippen LogP contribution in [0.1, 0.15) is 98.8 Å². The predicted octanol–water partition coefficient (Wildman–Crippen LogP) is 6.64. The minimum atomic E-state index is -0.225. The Balaban J connectivity index is 0.00000156. The van der Waals surface area contributed by atoms with Crippen molar-refractivity contribution in [3.63, 3.8) is 0 Å². The van der Waals surface area contributed by atoms with Gasteiger partial charge < -0.3 is 10.2 Å². The highest BCUT2D eigenvalue weighted by molar-refractivity contribution is 7.98. The topological polar surface area (TPSA) is 82.5 Å². The molecule has 4 aliphatic carbocycles. The number of fused-ring (bicyclic) bond motifs is 5. The molecule has 1 heterocycles. The largest absolute Gasteiger partial charge is 0.393 e. The summed E-state index contributed by atoms with van der Waals surface area (Å²) in [5, 5.41) is 21.7. The molecule has 0 aliphatic heterocycles. The smallest absolute Gasteiger partial charge is 0.230 e. The molecule has 0 radical (unpaired) electrons. The molecule has 0 aromatic carbocycles. The van der Waals surface area contributed by atoms with Crippen LogP contribution in [0.5, 0.6) is 0 Å². The third-order valence-electron chi connectivity index (χ3n) is 11.2. The molecular weight excluding hydrogens is 480 g/mol. The van der Waals surface area contributed by atoms with Gasteiger partial charge in [-0.3, -0.25) is 14.5 Å². The molecule has 4 saturated carbocycles. The van der Waals surface area contributed by atoms with Crippen LogP contribution in [-0.4, -0.2) is 33.3 Å². The SMILES string of the molecule is CC.C[C@H](CCC(=O)NSc1cccnc1)C1CCC2C3C(CCC21C)C1(C)CC[C@@H](O)CC1C[C@H]3O. The van der Waals surface area contributed by atoms with Crippen molar-refractivity contribution in [1.29, 1.82) is 0 Å². The first kappa shape index (κ1) is 28.9. The second-order valence-electron chi connectivity index (χ2n) is 12.8. The average molecular weight is 531 g/mol. The van der Waals surface area contributed by atoms with E-state index in [1.54, 1.807) is 12.4 Å². The van der Waals surface area contributed by atoms with Gasteiger partial charge in [-0.25, -0.2) is 0 Å². The van der Waals surface area contributed by atoms with E-state index in [0.717, 1.165) is 37.0 Å². The van der Waals surface area contributed by atoms with E-state index in [2.05, 4.69) is 30.5 Å². The molecule has 1 aromatic rings. The molecule has 37 heavy (non-hydrogen) atoms. The number of amides is 1. The Morgan fingerprint density at radius 2 is 1.84 bits per heavy atom. The zero-order valence-electron chi connectivity index (χ0n) is 23.7. The van der Waals surface area contributed by atoms with E-state index in [0.29, 0.717) is 41.9 Å². The van der Waals surface area contributed by atoms with Gasteiger partial charge in [-0.2, -0.15) is 0 Å². The number of carbonyl (C=O) groups excluding carboxylic acids is 1. The summed E-state index contributed by atoms with van der Waals surface area (Å²) in [6, 6.07) is 3.83. The molecule has 1 aromatic heterocycles. The maximum absolute atomic E-state index is 12.5. The van der Waals surface area contributed by atoms with Gasteiger partial charge in [0, 0.05) is 23.7 Å². The zero-order valence-corrected chi connectivity index (χ0v) is 24.5. The molecule has 4 fully saturated rings. The van der Waals surface area contributed by atoms with Crippen molar-refractivity contribution in [2.45, 2.75) is 116 Å². The van der Waals surface area contributed by atoms with Crippen LogP contribution in [0, 0.1) is 46.3 Å². The number of pyridine rings is 1. The fraction of sp³-hybridized carbons (Fsp3) is 0.806. The molecule has 7 unspecified atom stereocenters.